The molecule has 4 nitrogen and oxygen atoms in total. The molecule has 2 rings (SSSR count). The maximum absolute atomic E-state index is 11.3. The molecule has 0 spiro atoms. The number of hydrogen-bond acceptors (Lipinski definition) is 3. The summed E-state index contributed by atoms with van der Waals surface area (Å²) in [4.78, 5) is 11.3. The van der Waals surface area contributed by atoms with Gasteiger partial charge in [0.15, 0.2) is 0 Å². The number of carbonyl (C=O) groups excluding carboxylic acids is 1. The van der Waals surface area contributed by atoms with E-state index >= 15 is 0 Å². The number of nitrogens with two attached hydrogens (primary N) is 2. The number of anilines is 3. The lowest BCUT2D eigenvalue weighted by Crippen LogP contribution is -2.12. The molecule has 0 heterocycles. The first-order chi connectivity index (χ1) is 9.90. The topological polar surface area (TPSA) is 81.1 Å². The molecule has 110 valence electrons. The highest BCUT2D eigenvalue weighted by molar-refractivity contribution is 5.95. The highest BCUT2D eigenvalue weighted by Crippen LogP contribution is 2.32. The summed E-state index contributed by atoms with van der Waals surface area (Å²) >= 11 is 0. The summed E-state index contributed by atoms with van der Waals surface area (Å²) in [6.07, 6.45) is 0. The van der Waals surface area contributed by atoms with Crippen molar-refractivity contribution in [3.05, 3.63) is 53.1 Å². The number of amides is 1. The summed E-state index contributed by atoms with van der Waals surface area (Å²) in [5.74, 6) is -0.0835. The summed E-state index contributed by atoms with van der Waals surface area (Å²) in [6, 6.07) is 11.2. The van der Waals surface area contributed by atoms with E-state index in [4.69, 9.17) is 11.5 Å². The quantitative estimate of drug-likeness (QED) is 0.751. The van der Waals surface area contributed by atoms with Crippen LogP contribution in [0.25, 0.3) is 0 Å². The average molecular weight is 283 g/mol. The van der Waals surface area contributed by atoms with Crippen LogP contribution in [0.5, 0.6) is 0 Å². The third-order valence-electron chi connectivity index (χ3n) is 3.52. The van der Waals surface area contributed by atoms with Gasteiger partial charge in [0.05, 0.1) is 11.4 Å². The van der Waals surface area contributed by atoms with E-state index in [9.17, 15) is 4.79 Å². The SMILES string of the molecule is Cc1cccc(C(C)C)c1Nc1cc(C(N)=O)ccc1N. The molecule has 0 radical (unpaired) electrons. The normalized spacial score (nSPS) is 10.7. The van der Waals surface area contributed by atoms with Gasteiger partial charge in [0.2, 0.25) is 5.91 Å². The Morgan fingerprint density at radius 1 is 1.19 bits per heavy atom. The Labute approximate surface area is 125 Å². The lowest BCUT2D eigenvalue weighted by molar-refractivity contribution is 0.100. The standard InChI is InChI=1S/C17H21N3O/c1-10(2)13-6-4-5-11(3)16(13)20-15-9-12(17(19)21)7-8-14(15)18/h4-10,20H,18H2,1-3H3,(H2,19,21). The van der Waals surface area contributed by atoms with Crippen molar-refractivity contribution in [2.75, 3.05) is 11.1 Å². The number of para-hydroxylation sites is 1. The Kier molecular flexibility index (Phi) is 4.17. The van der Waals surface area contributed by atoms with Crippen LogP contribution >= 0.6 is 0 Å². The average Bonchev–Trinajstić information content (AvgIpc) is 2.42. The number of rotatable bonds is 4. The lowest BCUT2D eigenvalue weighted by Gasteiger charge is -2.18. The van der Waals surface area contributed by atoms with E-state index in [1.54, 1.807) is 18.2 Å². The molecule has 0 saturated carbocycles. The van der Waals surface area contributed by atoms with Gasteiger partial charge in [-0.05, 0) is 42.2 Å². The van der Waals surface area contributed by atoms with Gasteiger partial charge >= 0.3 is 0 Å². The predicted molar refractivity (Wildman–Crippen MR) is 87.9 cm³/mol. The maximum Gasteiger partial charge on any atom is 0.248 e. The number of primary amides is 1. The zero-order valence-electron chi connectivity index (χ0n) is 12.6. The van der Waals surface area contributed by atoms with Crippen LogP contribution in [0.1, 0.15) is 41.3 Å². The predicted octanol–water partition coefficient (Wildman–Crippen LogP) is 3.54. The highest BCUT2D eigenvalue weighted by Gasteiger charge is 2.11. The minimum Gasteiger partial charge on any atom is -0.397 e. The van der Waals surface area contributed by atoms with E-state index in [1.165, 1.54) is 5.56 Å². The van der Waals surface area contributed by atoms with Gasteiger partial charge in [0.25, 0.3) is 0 Å². The first-order valence-electron chi connectivity index (χ1n) is 6.96. The highest BCUT2D eigenvalue weighted by atomic mass is 16.1. The molecular weight excluding hydrogens is 262 g/mol. The molecule has 0 bridgehead atoms. The van der Waals surface area contributed by atoms with Gasteiger partial charge in [-0.2, -0.15) is 0 Å². The van der Waals surface area contributed by atoms with E-state index in [0.29, 0.717) is 22.9 Å². The van der Waals surface area contributed by atoms with Crippen molar-refractivity contribution in [3.63, 3.8) is 0 Å². The van der Waals surface area contributed by atoms with Crippen LogP contribution in [0.4, 0.5) is 17.1 Å². The number of nitrogen functional groups attached to an aromatic ring is 1. The van der Waals surface area contributed by atoms with E-state index in [1.807, 2.05) is 19.1 Å². The lowest BCUT2D eigenvalue weighted by atomic mass is 9.98. The molecule has 21 heavy (non-hydrogen) atoms. The van der Waals surface area contributed by atoms with Crippen molar-refractivity contribution in [3.8, 4) is 0 Å². The fourth-order valence-electron chi connectivity index (χ4n) is 2.29. The zero-order chi connectivity index (χ0) is 15.6. The van der Waals surface area contributed by atoms with E-state index in [-0.39, 0.29) is 0 Å². The second-order valence-electron chi connectivity index (χ2n) is 5.49. The summed E-state index contributed by atoms with van der Waals surface area (Å²) in [6.45, 7) is 6.33. The number of carbonyl (C=O) groups is 1. The van der Waals surface area contributed by atoms with Gasteiger partial charge < -0.3 is 16.8 Å². The second kappa shape index (κ2) is 5.87. The Balaban J connectivity index is 2.47. The van der Waals surface area contributed by atoms with Crippen LogP contribution in [0.3, 0.4) is 0 Å². The minimum absolute atomic E-state index is 0.382. The molecule has 0 aliphatic heterocycles. The van der Waals surface area contributed by atoms with Gasteiger partial charge in [0.1, 0.15) is 0 Å². The van der Waals surface area contributed by atoms with Gasteiger partial charge in [0, 0.05) is 11.3 Å². The number of benzene rings is 2. The smallest absolute Gasteiger partial charge is 0.248 e. The Hall–Kier alpha value is -2.49. The zero-order valence-corrected chi connectivity index (χ0v) is 12.6. The number of hydrogen-bond donors (Lipinski definition) is 3. The van der Waals surface area contributed by atoms with Crippen molar-refractivity contribution in [2.45, 2.75) is 26.7 Å². The largest absolute Gasteiger partial charge is 0.397 e. The molecule has 1 amide bonds. The van der Waals surface area contributed by atoms with Crippen LogP contribution in [0, 0.1) is 6.92 Å². The Morgan fingerprint density at radius 3 is 2.52 bits per heavy atom. The molecule has 0 atom stereocenters. The molecule has 2 aromatic rings. The second-order valence-corrected chi connectivity index (χ2v) is 5.49. The molecule has 0 saturated heterocycles. The molecule has 0 aromatic heterocycles. The fourth-order valence-corrected chi connectivity index (χ4v) is 2.29. The van der Waals surface area contributed by atoms with Crippen molar-refractivity contribution in [2.24, 2.45) is 5.73 Å². The van der Waals surface area contributed by atoms with Crippen LogP contribution < -0.4 is 16.8 Å². The van der Waals surface area contributed by atoms with Gasteiger partial charge in [-0.1, -0.05) is 32.0 Å². The van der Waals surface area contributed by atoms with Gasteiger partial charge in [-0.3, -0.25) is 4.79 Å². The monoisotopic (exact) mass is 283 g/mol. The van der Waals surface area contributed by atoms with E-state index in [0.717, 1.165) is 11.3 Å². The maximum atomic E-state index is 11.3. The third kappa shape index (κ3) is 3.16. The first kappa shape index (κ1) is 14.9. The summed E-state index contributed by atoms with van der Waals surface area (Å²) in [5.41, 5.74) is 16.4. The number of aryl methyl sites for hydroxylation is 1. The van der Waals surface area contributed by atoms with Crippen molar-refractivity contribution >= 4 is 23.0 Å². The minimum atomic E-state index is -0.466. The molecule has 4 heteroatoms. The summed E-state index contributed by atoms with van der Waals surface area (Å²) in [5, 5.41) is 3.35. The van der Waals surface area contributed by atoms with E-state index < -0.39 is 5.91 Å². The Bertz CT molecular complexity index is 678. The van der Waals surface area contributed by atoms with E-state index in [2.05, 4.69) is 25.2 Å². The molecule has 0 aliphatic rings. The molecule has 0 fully saturated rings. The Morgan fingerprint density at radius 2 is 1.90 bits per heavy atom. The molecular formula is C17H21N3O. The fraction of sp³-hybridized carbons (Fsp3) is 0.235. The van der Waals surface area contributed by atoms with Crippen molar-refractivity contribution in [1.29, 1.82) is 0 Å². The summed E-state index contributed by atoms with van der Waals surface area (Å²) < 4.78 is 0. The third-order valence-corrected chi connectivity index (χ3v) is 3.52. The molecule has 5 N–H and O–H groups in total. The van der Waals surface area contributed by atoms with Crippen LogP contribution in [-0.2, 0) is 0 Å². The van der Waals surface area contributed by atoms with Gasteiger partial charge in [-0.15, -0.1) is 0 Å². The summed E-state index contributed by atoms with van der Waals surface area (Å²) in [7, 11) is 0. The molecule has 0 unspecified atom stereocenters. The van der Waals surface area contributed by atoms with Crippen LogP contribution in [0.15, 0.2) is 36.4 Å². The van der Waals surface area contributed by atoms with Crippen LogP contribution in [-0.4, -0.2) is 5.91 Å². The van der Waals surface area contributed by atoms with Crippen molar-refractivity contribution < 1.29 is 4.79 Å². The molecule has 2 aromatic carbocycles. The van der Waals surface area contributed by atoms with Gasteiger partial charge in [-0.25, -0.2) is 0 Å². The van der Waals surface area contributed by atoms with Crippen molar-refractivity contribution in [1.82, 2.24) is 0 Å². The molecule has 0 aliphatic carbocycles. The number of nitrogens with one attached hydrogen (secondary N) is 1. The first-order valence-corrected chi connectivity index (χ1v) is 6.96. The van der Waals surface area contributed by atoms with Crippen LogP contribution in [0.2, 0.25) is 0 Å².